The van der Waals surface area contributed by atoms with E-state index < -0.39 is 0 Å². The highest BCUT2D eigenvalue weighted by Crippen LogP contribution is 2.14. The molecule has 0 fully saturated rings. The zero-order chi connectivity index (χ0) is 15.9. The molecule has 22 heavy (non-hydrogen) atoms. The Morgan fingerprint density at radius 1 is 1.05 bits per heavy atom. The number of halogens is 2. The third kappa shape index (κ3) is 4.89. The van der Waals surface area contributed by atoms with Crippen molar-refractivity contribution in [1.82, 2.24) is 10.9 Å². The fraction of sp³-hybridized carbons (Fsp3) is 0.0625. The molecule has 0 aliphatic carbocycles. The molecule has 114 valence electrons. The summed E-state index contributed by atoms with van der Waals surface area (Å²) in [4.78, 5) is 11.7. The van der Waals surface area contributed by atoms with E-state index in [1.807, 2.05) is 24.3 Å². The molecule has 0 aliphatic heterocycles. The van der Waals surface area contributed by atoms with Gasteiger partial charge >= 0.3 is 0 Å². The van der Waals surface area contributed by atoms with Crippen LogP contribution in [-0.2, 0) is 4.79 Å². The molecule has 0 heterocycles. The Morgan fingerprint density at radius 3 is 2.32 bits per heavy atom. The lowest BCUT2D eigenvalue weighted by atomic mass is 10.2. The van der Waals surface area contributed by atoms with Gasteiger partial charge in [0.15, 0.2) is 0 Å². The maximum absolute atomic E-state index is 12.8. The van der Waals surface area contributed by atoms with Gasteiger partial charge in [-0.2, -0.15) is 0 Å². The molecule has 0 radical (unpaired) electrons. The van der Waals surface area contributed by atoms with Crippen LogP contribution in [0.5, 0.6) is 0 Å². The first-order chi connectivity index (χ1) is 10.5. The van der Waals surface area contributed by atoms with Crippen molar-refractivity contribution in [2.75, 3.05) is 11.9 Å². The highest BCUT2D eigenvalue weighted by Gasteiger charge is 2.03. The van der Waals surface area contributed by atoms with Crippen LogP contribution in [0.2, 0.25) is 0 Å². The van der Waals surface area contributed by atoms with Crippen molar-refractivity contribution >= 4 is 33.2 Å². The van der Waals surface area contributed by atoms with Crippen molar-refractivity contribution in [3.63, 3.8) is 0 Å². The minimum absolute atomic E-state index is 0.0618. The normalized spacial score (nSPS) is 9.91. The second-order valence-corrected chi connectivity index (χ2v) is 5.43. The lowest BCUT2D eigenvalue weighted by molar-refractivity contribution is -0.120. The van der Waals surface area contributed by atoms with Crippen molar-refractivity contribution in [2.45, 2.75) is 0 Å². The van der Waals surface area contributed by atoms with Crippen LogP contribution >= 0.6 is 15.9 Å². The summed E-state index contributed by atoms with van der Waals surface area (Å²) in [7, 11) is 0. The number of benzene rings is 2. The number of hydrogen-bond donors (Lipinski definition) is 3. The van der Waals surface area contributed by atoms with Gasteiger partial charge in [-0.3, -0.25) is 15.6 Å². The number of nitrogens with one attached hydrogen (secondary N) is 3. The number of rotatable bonds is 6. The second-order valence-electron chi connectivity index (χ2n) is 4.52. The molecule has 2 rings (SSSR count). The molecule has 0 spiro atoms. The van der Waals surface area contributed by atoms with Gasteiger partial charge in [0.2, 0.25) is 0 Å². The van der Waals surface area contributed by atoms with Crippen LogP contribution in [-0.4, -0.2) is 12.5 Å². The molecule has 0 aliphatic rings. The Morgan fingerprint density at radius 2 is 1.68 bits per heavy atom. The minimum Gasteiger partial charge on any atom is -0.376 e. The summed E-state index contributed by atoms with van der Waals surface area (Å²) >= 11 is 3.35. The van der Waals surface area contributed by atoms with Crippen LogP contribution in [0.4, 0.5) is 10.1 Å². The topological polar surface area (TPSA) is 53.2 Å². The molecule has 0 saturated heterocycles. The smallest absolute Gasteiger partial charge is 0.257 e. The molecule has 0 saturated carbocycles. The Kier molecular flexibility index (Phi) is 5.55. The maximum Gasteiger partial charge on any atom is 0.257 e. The van der Waals surface area contributed by atoms with E-state index in [9.17, 15) is 9.18 Å². The van der Waals surface area contributed by atoms with Gasteiger partial charge < -0.3 is 5.32 Å². The van der Waals surface area contributed by atoms with Crippen molar-refractivity contribution in [3.8, 4) is 0 Å². The van der Waals surface area contributed by atoms with E-state index >= 15 is 0 Å². The number of carbonyl (C=O) groups is 1. The molecule has 2 aromatic carbocycles. The third-order valence-electron chi connectivity index (χ3n) is 2.84. The van der Waals surface area contributed by atoms with Gasteiger partial charge in [0.1, 0.15) is 5.82 Å². The van der Waals surface area contributed by atoms with Crippen LogP contribution in [0.15, 0.2) is 59.6 Å². The van der Waals surface area contributed by atoms with Gasteiger partial charge in [-0.1, -0.05) is 34.6 Å². The van der Waals surface area contributed by atoms with Crippen molar-refractivity contribution in [1.29, 1.82) is 0 Å². The Labute approximate surface area is 136 Å². The molecule has 0 aromatic heterocycles. The molecule has 6 heteroatoms. The predicted octanol–water partition coefficient (Wildman–Crippen LogP) is 3.29. The van der Waals surface area contributed by atoms with Crippen LogP contribution in [0.25, 0.3) is 5.70 Å². The standard InChI is InChI=1S/C16H15BrFN3O/c1-11(12-2-4-13(17)5-3-12)20-21-16(22)10-19-15-8-6-14(18)7-9-15/h2-9,19-20H,1,10H2,(H,21,22). The van der Waals surface area contributed by atoms with E-state index in [1.54, 1.807) is 12.1 Å². The summed E-state index contributed by atoms with van der Waals surface area (Å²) < 4.78 is 13.7. The van der Waals surface area contributed by atoms with Gasteiger partial charge in [0, 0.05) is 10.2 Å². The molecule has 3 N–H and O–H groups in total. The highest BCUT2D eigenvalue weighted by atomic mass is 79.9. The summed E-state index contributed by atoms with van der Waals surface area (Å²) in [5.74, 6) is -0.579. The zero-order valence-corrected chi connectivity index (χ0v) is 13.3. The first-order valence-electron chi connectivity index (χ1n) is 6.54. The van der Waals surface area contributed by atoms with Crippen LogP contribution in [0.1, 0.15) is 5.56 Å². The second kappa shape index (κ2) is 7.61. The van der Waals surface area contributed by atoms with Crippen molar-refractivity contribution < 1.29 is 9.18 Å². The maximum atomic E-state index is 12.8. The summed E-state index contributed by atoms with van der Waals surface area (Å²) in [6.45, 7) is 3.91. The molecule has 4 nitrogen and oxygen atoms in total. The van der Waals surface area contributed by atoms with Gasteiger partial charge in [0.05, 0.1) is 12.2 Å². The Hall–Kier alpha value is -2.34. The fourth-order valence-corrected chi connectivity index (χ4v) is 1.93. The average Bonchev–Trinajstić information content (AvgIpc) is 2.52. The molecule has 2 aromatic rings. The highest BCUT2D eigenvalue weighted by molar-refractivity contribution is 9.10. The number of amides is 1. The molecule has 0 atom stereocenters. The minimum atomic E-state index is -0.317. The molecular formula is C16H15BrFN3O. The van der Waals surface area contributed by atoms with Crippen LogP contribution in [0, 0.1) is 5.82 Å². The average molecular weight is 364 g/mol. The predicted molar refractivity (Wildman–Crippen MR) is 89.3 cm³/mol. The molecular weight excluding hydrogens is 349 g/mol. The van der Waals surface area contributed by atoms with Crippen LogP contribution in [0.3, 0.4) is 0 Å². The monoisotopic (exact) mass is 363 g/mol. The van der Waals surface area contributed by atoms with E-state index in [4.69, 9.17) is 0 Å². The molecule has 1 amide bonds. The first kappa shape index (κ1) is 16.0. The van der Waals surface area contributed by atoms with Crippen molar-refractivity contribution in [3.05, 3.63) is 71.0 Å². The van der Waals surface area contributed by atoms with E-state index in [1.165, 1.54) is 12.1 Å². The van der Waals surface area contributed by atoms with E-state index in [2.05, 4.69) is 38.7 Å². The van der Waals surface area contributed by atoms with Gasteiger partial charge in [-0.15, -0.1) is 0 Å². The van der Waals surface area contributed by atoms with E-state index in [0.29, 0.717) is 11.4 Å². The summed E-state index contributed by atoms with van der Waals surface area (Å²) in [5, 5.41) is 2.89. The third-order valence-corrected chi connectivity index (χ3v) is 3.37. The summed E-state index contributed by atoms with van der Waals surface area (Å²) in [5.41, 5.74) is 7.42. The van der Waals surface area contributed by atoms with E-state index in [-0.39, 0.29) is 18.3 Å². The lowest BCUT2D eigenvalue weighted by Gasteiger charge is -2.12. The Balaban J connectivity index is 1.76. The van der Waals surface area contributed by atoms with E-state index in [0.717, 1.165) is 10.0 Å². The largest absolute Gasteiger partial charge is 0.376 e. The number of hydrazine groups is 1. The SMILES string of the molecule is C=C(NNC(=O)CNc1ccc(F)cc1)c1ccc(Br)cc1. The van der Waals surface area contributed by atoms with Gasteiger partial charge in [-0.25, -0.2) is 4.39 Å². The molecule has 0 unspecified atom stereocenters. The zero-order valence-electron chi connectivity index (χ0n) is 11.7. The number of hydrogen-bond acceptors (Lipinski definition) is 3. The van der Waals surface area contributed by atoms with Gasteiger partial charge in [-0.05, 0) is 42.0 Å². The summed E-state index contributed by atoms with van der Waals surface area (Å²) in [6, 6.07) is 13.3. The summed E-state index contributed by atoms with van der Waals surface area (Å²) in [6.07, 6.45) is 0. The quantitative estimate of drug-likeness (QED) is 0.690. The van der Waals surface area contributed by atoms with Crippen molar-refractivity contribution in [2.24, 2.45) is 0 Å². The fourth-order valence-electron chi connectivity index (χ4n) is 1.66. The Bertz CT molecular complexity index is 656. The lowest BCUT2D eigenvalue weighted by Crippen LogP contribution is -2.39. The first-order valence-corrected chi connectivity index (χ1v) is 7.33. The molecule has 0 bridgehead atoms. The van der Waals surface area contributed by atoms with Gasteiger partial charge in [0.25, 0.3) is 5.91 Å². The number of anilines is 1. The number of carbonyl (C=O) groups excluding carboxylic acids is 1. The van der Waals surface area contributed by atoms with Crippen LogP contribution < -0.4 is 16.2 Å².